The molecule has 1 aromatic heterocycles. The van der Waals surface area contributed by atoms with Crippen LogP contribution in [0.2, 0.25) is 0 Å². The molecule has 0 spiro atoms. The number of aromatic nitrogens is 1. The number of nitrogens with two attached hydrogens (primary N) is 1. The van der Waals surface area contributed by atoms with Crippen LogP contribution in [-0.2, 0) is 11.8 Å². The van der Waals surface area contributed by atoms with Crippen LogP contribution in [0.25, 0.3) is 10.8 Å². The van der Waals surface area contributed by atoms with Gasteiger partial charge in [-0.25, -0.2) is 0 Å². The maximum Gasteiger partial charge on any atom is 0.0300 e. The monoisotopic (exact) mass is 348 g/mol. The molecule has 2 nitrogen and oxygen atoms in total. The standard InChI is InChI=1S/C19H20N2.2ClH/c1-19(14-20,12-15-5-4-10-21-13-15)18-9-8-16-6-2-3-7-17(16)11-18;;/h2-11,13H,12,14,20H2,1H3;2*1H/t19-;;/m1../s1. The van der Waals surface area contributed by atoms with Crippen LogP contribution in [0, 0.1) is 0 Å². The summed E-state index contributed by atoms with van der Waals surface area (Å²) < 4.78 is 0. The summed E-state index contributed by atoms with van der Waals surface area (Å²) in [6.07, 6.45) is 4.63. The lowest BCUT2D eigenvalue weighted by atomic mass is 9.77. The summed E-state index contributed by atoms with van der Waals surface area (Å²) in [4.78, 5) is 4.21. The second-order valence-electron chi connectivity index (χ2n) is 5.86. The summed E-state index contributed by atoms with van der Waals surface area (Å²) >= 11 is 0. The summed E-state index contributed by atoms with van der Waals surface area (Å²) in [5, 5.41) is 2.53. The number of hydrogen-bond acceptors (Lipinski definition) is 2. The van der Waals surface area contributed by atoms with E-state index in [1.807, 2.05) is 12.3 Å². The molecule has 2 N–H and O–H groups in total. The van der Waals surface area contributed by atoms with Gasteiger partial charge in [0.2, 0.25) is 0 Å². The number of benzene rings is 2. The van der Waals surface area contributed by atoms with Gasteiger partial charge in [-0.3, -0.25) is 4.98 Å². The first-order chi connectivity index (χ1) is 10.2. The van der Waals surface area contributed by atoms with E-state index in [0.29, 0.717) is 6.54 Å². The van der Waals surface area contributed by atoms with Gasteiger partial charge < -0.3 is 5.73 Å². The van der Waals surface area contributed by atoms with Crippen LogP contribution in [0.3, 0.4) is 0 Å². The smallest absolute Gasteiger partial charge is 0.0300 e. The van der Waals surface area contributed by atoms with E-state index in [0.717, 1.165) is 6.42 Å². The van der Waals surface area contributed by atoms with Crippen molar-refractivity contribution in [3.8, 4) is 0 Å². The van der Waals surface area contributed by atoms with Crippen molar-refractivity contribution in [2.24, 2.45) is 5.73 Å². The van der Waals surface area contributed by atoms with Gasteiger partial charge in [0.25, 0.3) is 0 Å². The first-order valence-electron chi connectivity index (χ1n) is 7.29. The second kappa shape index (κ2) is 8.30. The second-order valence-corrected chi connectivity index (χ2v) is 5.86. The van der Waals surface area contributed by atoms with E-state index in [9.17, 15) is 0 Å². The Morgan fingerprint density at radius 1 is 0.957 bits per heavy atom. The molecule has 0 bridgehead atoms. The predicted molar refractivity (Wildman–Crippen MR) is 103 cm³/mol. The normalized spacial score (nSPS) is 12.8. The van der Waals surface area contributed by atoms with Crippen LogP contribution < -0.4 is 5.73 Å². The molecule has 122 valence electrons. The Bertz CT molecular complexity index is 746. The van der Waals surface area contributed by atoms with Crippen molar-refractivity contribution in [3.05, 3.63) is 78.1 Å². The zero-order valence-electron chi connectivity index (χ0n) is 13.1. The number of halogens is 2. The van der Waals surface area contributed by atoms with Crippen LogP contribution in [0.15, 0.2) is 67.0 Å². The van der Waals surface area contributed by atoms with Gasteiger partial charge in [0.1, 0.15) is 0 Å². The Hall–Kier alpha value is -1.61. The van der Waals surface area contributed by atoms with Crippen molar-refractivity contribution in [2.45, 2.75) is 18.8 Å². The molecule has 3 aromatic rings. The van der Waals surface area contributed by atoms with Crippen molar-refractivity contribution in [1.29, 1.82) is 0 Å². The third kappa shape index (κ3) is 4.23. The minimum absolute atomic E-state index is 0. The SMILES string of the molecule is C[C@](CN)(Cc1cccnc1)c1ccc2ccccc2c1.Cl.Cl. The highest BCUT2D eigenvalue weighted by molar-refractivity contribution is 5.85. The maximum absolute atomic E-state index is 6.11. The number of fused-ring (bicyclic) bond motifs is 1. The molecule has 1 heterocycles. The van der Waals surface area contributed by atoms with E-state index in [2.05, 4.69) is 60.4 Å². The Labute approximate surface area is 149 Å². The topological polar surface area (TPSA) is 38.9 Å². The third-order valence-corrected chi connectivity index (χ3v) is 4.21. The lowest BCUT2D eigenvalue weighted by Crippen LogP contribution is -2.34. The van der Waals surface area contributed by atoms with Crippen molar-refractivity contribution >= 4 is 35.6 Å². The molecule has 0 unspecified atom stereocenters. The van der Waals surface area contributed by atoms with Gasteiger partial charge in [-0.1, -0.05) is 55.5 Å². The summed E-state index contributed by atoms with van der Waals surface area (Å²) in [5.74, 6) is 0. The van der Waals surface area contributed by atoms with Crippen molar-refractivity contribution in [1.82, 2.24) is 4.98 Å². The number of rotatable bonds is 4. The Balaban J connectivity index is 0.00000132. The van der Waals surface area contributed by atoms with Crippen LogP contribution in [0.1, 0.15) is 18.1 Å². The van der Waals surface area contributed by atoms with Crippen LogP contribution in [-0.4, -0.2) is 11.5 Å². The van der Waals surface area contributed by atoms with E-state index in [4.69, 9.17) is 5.73 Å². The van der Waals surface area contributed by atoms with E-state index >= 15 is 0 Å². The number of pyridine rings is 1. The molecule has 1 atom stereocenters. The molecular weight excluding hydrogens is 327 g/mol. The molecule has 0 saturated carbocycles. The zero-order valence-corrected chi connectivity index (χ0v) is 14.7. The van der Waals surface area contributed by atoms with E-state index in [1.165, 1.54) is 21.9 Å². The third-order valence-electron chi connectivity index (χ3n) is 4.21. The minimum Gasteiger partial charge on any atom is -0.330 e. The van der Waals surface area contributed by atoms with Gasteiger partial charge in [-0.2, -0.15) is 0 Å². The predicted octanol–water partition coefficient (Wildman–Crippen LogP) is 4.54. The summed E-state index contributed by atoms with van der Waals surface area (Å²) in [6, 6.07) is 19.2. The lowest BCUT2D eigenvalue weighted by molar-refractivity contribution is 0.481. The molecule has 4 heteroatoms. The highest BCUT2D eigenvalue weighted by Gasteiger charge is 2.25. The van der Waals surface area contributed by atoms with E-state index in [1.54, 1.807) is 6.20 Å². The number of hydrogen-bond donors (Lipinski definition) is 1. The van der Waals surface area contributed by atoms with Crippen LogP contribution >= 0.6 is 24.8 Å². The van der Waals surface area contributed by atoms with Crippen molar-refractivity contribution in [2.75, 3.05) is 6.54 Å². The van der Waals surface area contributed by atoms with Gasteiger partial charge in [0.15, 0.2) is 0 Å². The van der Waals surface area contributed by atoms with Gasteiger partial charge in [-0.05, 0) is 34.4 Å². The quantitative estimate of drug-likeness (QED) is 0.751. The average Bonchev–Trinajstić information content (AvgIpc) is 2.55. The summed E-state index contributed by atoms with van der Waals surface area (Å²) in [5.41, 5.74) is 8.54. The van der Waals surface area contributed by atoms with Gasteiger partial charge in [-0.15, -0.1) is 24.8 Å². The molecule has 0 aliphatic rings. The van der Waals surface area contributed by atoms with Crippen molar-refractivity contribution in [3.63, 3.8) is 0 Å². The largest absolute Gasteiger partial charge is 0.330 e. The molecule has 2 aromatic carbocycles. The Morgan fingerprint density at radius 2 is 1.70 bits per heavy atom. The summed E-state index contributed by atoms with van der Waals surface area (Å²) in [6.45, 7) is 2.84. The first-order valence-corrected chi connectivity index (χ1v) is 7.29. The molecule has 0 saturated heterocycles. The van der Waals surface area contributed by atoms with Gasteiger partial charge >= 0.3 is 0 Å². The highest BCUT2D eigenvalue weighted by atomic mass is 35.5. The molecular formula is C19H22Cl2N2. The minimum atomic E-state index is -0.0763. The van der Waals surface area contributed by atoms with Gasteiger partial charge in [0.05, 0.1) is 0 Å². The van der Waals surface area contributed by atoms with Gasteiger partial charge in [0, 0.05) is 24.4 Å². The molecule has 0 radical (unpaired) electrons. The fourth-order valence-corrected chi connectivity index (χ4v) is 2.81. The molecule has 0 aliphatic carbocycles. The Kier molecular flexibility index (Phi) is 7.01. The van der Waals surface area contributed by atoms with Crippen LogP contribution in [0.4, 0.5) is 0 Å². The van der Waals surface area contributed by atoms with E-state index < -0.39 is 0 Å². The molecule has 0 fully saturated rings. The summed E-state index contributed by atoms with van der Waals surface area (Å²) in [7, 11) is 0. The molecule has 0 amide bonds. The fourth-order valence-electron chi connectivity index (χ4n) is 2.81. The zero-order chi connectivity index (χ0) is 14.7. The van der Waals surface area contributed by atoms with Crippen molar-refractivity contribution < 1.29 is 0 Å². The Morgan fingerprint density at radius 3 is 2.35 bits per heavy atom. The first kappa shape index (κ1) is 19.4. The molecule has 0 aliphatic heterocycles. The van der Waals surface area contributed by atoms with E-state index in [-0.39, 0.29) is 30.2 Å². The molecule has 3 rings (SSSR count). The average molecular weight is 349 g/mol. The lowest BCUT2D eigenvalue weighted by Gasteiger charge is -2.29. The maximum atomic E-state index is 6.11. The fraction of sp³-hybridized carbons (Fsp3) is 0.211. The molecule has 23 heavy (non-hydrogen) atoms. The highest BCUT2D eigenvalue weighted by Crippen LogP contribution is 2.29. The van der Waals surface area contributed by atoms with Crippen LogP contribution in [0.5, 0.6) is 0 Å². The number of nitrogens with zero attached hydrogens (tertiary/aromatic N) is 1.